The second-order valence-electron chi connectivity index (χ2n) is 12.8. The van der Waals surface area contributed by atoms with Gasteiger partial charge in [-0.25, -0.2) is 26.9 Å². The first-order valence-electron chi connectivity index (χ1n) is 14.6. The molecule has 234 valence electrons. The summed E-state index contributed by atoms with van der Waals surface area (Å²) in [6, 6.07) is 4.61. The third-order valence-electron chi connectivity index (χ3n) is 8.48. The fourth-order valence-electron chi connectivity index (χ4n) is 5.67. The molecule has 43 heavy (non-hydrogen) atoms. The summed E-state index contributed by atoms with van der Waals surface area (Å²) >= 11 is 0. The molecule has 2 aliphatic carbocycles. The maximum atomic E-state index is 16.0. The van der Waals surface area contributed by atoms with Crippen LogP contribution in [-0.2, 0) is 4.79 Å². The highest BCUT2D eigenvalue weighted by Crippen LogP contribution is 2.45. The molecule has 0 saturated heterocycles. The van der Waals surface area contributed by atoms with E-state index in [0.29, 0.717) is 11.0 Å². The molecular formula is C30H37F5N6O2. The third kappa shape index (κ3) is 6.54. The Morgan fingerprint density at radius 1 is 1.12 bits per heavy atom. The normalized spacial score (nSPS) is 19.3. The van der Waals surface area contributed by atoms with E-state index in [9.17, 15) is 27.2 Å². The van der Waals surface area contributed by atoms with Crippen LogP contribution < -0.4 is 10.6 Å². The van der Waals surface area contributed by atoms with Crippen LogP contribution in [-0.4, -0.2) is 50.1 Å². The fourth-order valence-corrected chi connectivity index (χ4v) is 5.67. The van der Waals surface area contributed by atoms with E-state index in [1.807, 2.05) is 13.8 Å². The number of aromatic nitrogens is 4. The van der Waals surface area contributed by atoms with Gasteiger partial charge in [-0.05, 0) is 62.3 Å². The Balaban J connectivity index is 1.41. The summed E-state index contributed by atoms with van der Waals surface area (Å²) in [5.74, 6) is -3.86. The molecule has 2 amide bonds. The van der Waals surface area contributed by atoms with Gasteiger partial charge in [0.2, 0.25) is 18.3 Å². The van der Waals surface area contributed by atoms with Gasteiger partial charge >= 0.3 is 0 Å². The van der Waals surface area contributed by atoms with Crippen LogP contribution >= 0.6 is 0 Å². The van der Waals surface area contributed by atoms with E-state index in [2.05, 4.69) is 25.7 Å². The van der Waals surface area contributed by atoms with E-state index in [-0.39, 0.29) is 60.6 Å². The molecule has 2 fully saturated rings. The van der Waals surface area contributed by atoms with Crippen molar-refractivity contribution in [3.63, 3.8) is 0 Å². The molecule has 2 saturated carbocycles. The van der Waals surface area contributed by atoms with Crippen LogP contribution in [0.5, 0.6) is 0 Å². The van der Waals surface area contributed by atoms with Crippen molar-refractivity contribution < 1.29 is 31.5 Å². The van der Waals surface area contributed by atoms with Crippen molar-refractivity contribution in [3.05, 3.63) is 47.5 Å². The summed E-state index contributed by atoms with van der Waals surface area (Å²) in [5, 5.41) is 9.69. The Kier molecular flexibility index (Phi) is 8.30. The van der Waals surface area contributed by atoms with Crippen molar-refractivity contribution in [2.75, 3.05) is 0 Å². The number of amides is 2. The Hall–Kier alpha value is -3.51. The highest BCUT2D eigenvalue weighted by molar-refractivity contribution is 5.93. The molecule has 1 aromatic carbocycles. The van der Waals surface area contributed by atoms with E-state index in [1.165, 1.54) is 16.9 Å². The zero-order valence-corrected chi connectivity index (χ0v) is 24.5. The topological polar surface area (TPSA) is 105 Å². The quantitative estimate of drug-likeness (QED) is 0.206. The predicted molar refractivity (Wildman–Crippen MR) is 149 cm³/mol. The number of hydrogen-bond donors (Lipinski definition) is 3. The van der Waals surface area contributed by atoms with Crippen LogP contribution in [0.3, 0.4) is 0 Å². The second kappa shape index (κ2) is 11.5. The molecule has 2 aliphatic rings. The number of imidazole rings is 1. The fraction of sp³-hybridized carbons (Fsp3) is 0.600. The first kappa shape index (κ1) is 30.9. The molecule has 2 aromatic heterocycles. The molecule has 3 N–H and O–H groups in total. The molecule has 0 spiro atoms. The molecule has 8 nitrogen and oxygen atoms in total. The summed E-state index contributed by atoms with van der Waals surface area (Å²) < 4.78 is 71.7. The first-order chi connectivity index (χ1) is 20.2. The number of carbonyl (C=O) groups is 2. The summed E-state index contributed by atoms with van der Waals surface area (Å²) in [7, 11) is 0. The van der Waals surface area contributed by atoms with Gasteiger partial charge < -0.3 is 15.6 Å². The van der Waals surface area contributed by atoms with E-state index >= 15 is 4.39 Å². The maximum Gasteiger partial charge on any atom is 0.270 e. The minimum atomic E-state index is -3.02. The number of alkyl halides is 5. The number of rotatable bonds is 12. The van der Waals surface area contributed by atoms with Crippen molar-refractivity contribution in [2.24, 2.45) is 17.3 Å². The number of halogens is 5. The van der Waals surface area contributed by atoms with E-state index in [0.717, 1.165) is 32.3 Å². The second-order valence-corrected chi connectivity index (χ2v) is 12.8. The minimum Gasteiger partial charge on any atom is -0.349 e. The molecule has 3 atom stereocenters. The van der Waals surface area contributed by atoms with Gasteiger partial charge in [-0.2, -0.15) is 5.10 Å². The highest BCUT2D eigenvalue weighted by Gasteiger charge is 2.47. The van der Waals surface area contributed by atoms with Crippen molar-refractivity contribution >= 4 is 22.8 Å². The molecule has 1 unspecified atom stereocenters. The smallest absolute Gasteiger partial charge is 0.270 e. The van der Waals surface area contributed by atoms with Gasteiger partial charge in [-0.15, -0.1) is 0 Å². The van der Waals surface area contributed by atoms with Crippen LogP contribution in [0.1, 0.15) is 99.8 Å². The van der Waals surface area contributed by atoms with Crippen molar-refractivity contribution in [2.45, 2.75) is 96.4 Å². The van der Waals surface area contributed by atoms with Gasteiger partial charge in [0.25, 0.3) is 5.91 Å². The van der Waals surface area contributed by atoms with Crippen LogP contribution in [0.25, 0.3) is 11.0 Å². The number of H-pyrrole nitrogens is 1. The number of carbonyl (C=O) groups excluding carboxylic acids is 2. The molecule has 2 heterocycles. The zero-order valence-electron chi connectivity index (χ0n) is 24.5. The molecule has 13 heteroatoms. The predicted octanol–water partition coefficient (Wildman–Crippen LogP) is 6.44. The summed E-state index contributed by atoms with van der Waals surface area (Å²) in [6.45, 7) is 5.82. The lowest BCUT2D eigenvalue weighted by Crippen LogP contribution is -2.45. The van der Waals surface area contributed by atoms with Gasteiger partial charge in [-0.1, -0.05) is 19.9 Å². The molecule has 3 aromatic rings. The number of aromatic amines is 1. The number of fused-ring (bicyclic) bond motifs is 1. The highest BCUT2D eigenvalue weighted by atomic mass is 19.3. The Bertz CT molecular complexity index is 1470. The van der Waals surface area contributed by atoms with Crippen LogP contribution in [0, 0.1) is 17.3 Å². The maximum absolute atomic E-state index is 16.0. The lowest BCUT2D eigenvalue weighted by molar-refractivity contribution is -0.134. The standard InChI is InChI=1S/C30H37F5N6O2/c1-15(2)41-21(9-10-36-41)27(43)40-24(25(31)29(3,4)28(32)33)26-37-19-8-7-18(12-20(19)38-26)23(17-5-6-17)39-22(42)11-16-13-30(34,35)14-16/h7-10,12,15-17,23-25,28H,5-6,11,13-14H2,1-4H3,(H,37,38)(H,39,42)(H,40,43)/t23-,24-,25?/m1/s1. The lowest BCUT2D eigenvalue weighted by Gasteiger charge is -2.34. The number of hydrogen-bond acceptors (Lipinski definition) is 4. The van der Waals surface area contributed by atoms with E-state index in [1.54, 1.807) is 18.2 Å². The van der Waals surface area contributed by atoms with Crippen LogP contribution in [0.2, 0.25) is 0 Å². The SMILES string of the molecule is CC(C)n1nccc1C(=O)N[C@@H](c1nc2ccc([C@H](NC(=O)CC3CC(F)(F)C3)C3CC3)cc2[nH]1)C(F)C(C)(C)C(F)F. The molecular weight excluding hydrogens is 571 g/mol. The van der Waals surface area contributed by atoms with Gasteiger partial charge in [0.1, 0.15) is 23.7 Å². The molecule has 5 rings (SSSR count). The van der Waals surface area contributed by atoms with Crippen molar-refractivity contribution in [3.8, 4) is 0 Å². The summed E-state index contributed by atoms with van der Waals surface area (Å²) in [5.41, 5.74) is -0.325. The average molecular weight is 609 g/mol. The molecule has 0 radical (unpaired) electrons. The average Bonchev–Trinajstić information content (AvgIpc) is 3.46. The Morgan fingerprint density at radius 2 is 1.81 bits per heavy atom. The Labute approximate surface area is 246 Å². The van der Waals surface area contributed by atoms with Crippen molar-refractivity contribution in [1.82, 2.24) is 30.4 Å². The van der Waals surface area contributed by atoms with Gasteiger partial charge in [0.15, 0.2) is 0 Å². The van der Waals surface area contributed by atoms with Gasteiger partial charge in [0.05, 0.1) is 22.5 Å². The number of nitrogens with zero attached hydrogens (tertiary/aromatic N) is 3. The van der Waals surface area contributed by atoms with Crippen LogP contribution in [0.4, 0.5) is 22.0 Å². The first-order valence-corrected chi connectivity index (χ1v) is 14.6. The monoisotopic (exact) mass is 608 g/mol. The number of benzene rings is 1. The lowest BCUT2D eigenvalue weighted by atomic mass is 9.79. The van der Waals surface area contributed by atoms with Crippen LogP contribution in [0.15, 0.2) is 30.5 Å². The van der Waals surface area contributed by atoms with E-state index < -0.39 is 35.9 Å². The molecule has 0 aliphatic heterocycles. The van der Waals surface area contributed by atoms with Gasteiger partial charge in [0, 0.05) is 31.5 Å². The minimum absolute atomic E-state index is 0.0319. The molecule has 0 bridgehead atoms. The zero-order chi connectivity index (χ0) is 31.3. The van der Waals surface area contributed by atoms with E-state index in [4.69, 9.17) is 0 Å². The summed E-state index contributed by atoms with van der Waals surface area (Å²) in [6.07, 6.45) is -2.56. The third-order valence-corrected chi connectivity index (χ3v) is 8.48. The Morgan fingerprint density at radius 3 is 2.42 bits per heavy atom. The largest absolute Gasteiger partial charge is 0.349 e. The van der Waals surface area contributed by atoms with Crippen molar-refractivity contribution in [1.29, 1.82) is 0 Å². The summed E-state index contributed by atoms with van der Waals surface area (Å²) in [4.78, 5) is 33.4. The number of nitrogens with one attached hydrogen (secondary N) is 3. The van der Waals surface area contributed by atoms with Gasteiger partial charge in [-0.3, -0.25) is 14.3 Å².